The summed E-state index contributed by atoms with van der Waals surface area (Å²) < 4.78 is 4.91. The highest BCUT2D eigenvalue weighted by atomic mass is 16.5. The van der Waals surface area contributed by atoms with Crippen LogP contribution in [0.2, 0.25) is 0 Å². The van der Waals surface area contributed by atoms with E-state index in [2.05, 4.69) is 5.32 Å². The van der Waals surface area contributed by atoms with Gasteiger partial charge in [0.05, 0.1) is 12.0 Å². The molecule has 0 spiro atoms. The van der Waals surface area contributed by atoms with Crippen LogP contribution >= 0.6 is 0 Å². The second-order valence-electron chi connectivity index (χ2n) is 4.58. The maximum Gasteiger partial charge on any atom is 0.309 e. The Balaban J connectivity index is 1.75. The third-order valence-corrected chi connectivity index (χ3v) is 2.93. The Morgan fingerprint density at radius 1 is 1.33 bits per heavy atom. The standard InChI is InChI=1S/C14H17NO3/c1-10(11-5-3-2-4-6-11)15-13(16)9-18-14(17)12-7-8-12/h2-6,10,12H,7-9H2,1H3,(H,15,16). The first kappa shape index (κ1) is 12.6. The van der Waals surface area contributed by atoms with Crippen molar-refractivity contribution in [1.29, 1.82) is 0 Å². The Morgan fingerprint density at radius 2 is 2.00 bits per heavy atom. The first-order chi connectivity index (χ1) is 8.66. The molecule has 0 aromatic heterocycles. The van der Waals surface area contributed by atoms with Crippen molar-refractivity contribution in [3.8, 4) is 0 Å². The number of carbonyl (C=O) groups excluding carboxylic acids is 2. The molecule has 1 aliphatic carbocycles. The van der Waals surface area contributed by atoms with Gasteiger partial charge in [-0.3, -0.25) is 9.59 Å². The zero-order chi connectivity index (χ0) is 13.0. The second-order valence-corrected chi connectivity index (χ2v) is 4.58. The van der Waals surface area contributed by atoms with Crippen LogP contribution in [-0.2, 0) is 14.3 Å². The number of benzene rings is 1. The fourth-order valence-electron chi connectivity index (χ4n) is 1.68. The third kappa shape index (κ3) is 3.58. The molecule has 1 aromatic rings. The van der Waals surface area contributed by atoms with Gasteiger partial charge in [-0.05, 0) is 25.3 Å². The summed E-state index contributed by atoms with van der Waals surface area (Å²) >= 11 is 0. The normalized spacial score (nSPS) is 15.8. The molecule has 0 bridgehead atoms. The predicted octanol–water partition coefficient (Wildman–Crippen LogP) is 1.82. The van der Waals surface area contributed by atoms with Crippen LogP contribution in [0.15, 0.2) is 30.3 Å². The van der Waals surface area contributed by atoms with E-state index in [0.29, 0.717) is 0 Å². The van der Waals surface area contributed by atoms with E-state index in [1.54, 1.807) is 0 Å². The van der Waals surface area contributed by atoms with E-state index in [1.165, 1.54) is 0 Å². The van der Waals surface area contributed by atoms with Crippen molar-refractivity contribution in [2.24, 2.45) is 5.92 Å². The topological polar surface area (TPSA) is 55.4 Å². The number of nitrogens with one attached hydrogen (secondary N) is 1. The Hall–Kier alpha value is -1.84. The molecule has 1 unspecified atom stereocenters. The Labute approximate surface area is 106 Å². The van der Waals surface area contributed by atoms with Crippen molar-refractivity contribution in [2.45, 2.75) is 25.8 Å². The number of hydrogen-bond acceptors (Lipinski definition) is 3. The molecule has 18 heavy (non-hydrogen) atoms. The van der Waals surface area contributed by atoms with Crippen LogP contribution in [0, 0.1) is 5.92 Å². The van der Waals surface area contributed by atoms with Crippen LogP contribution in [0.3, 0.4) is 0 Å². The van der Waals surface area contributed by atoms with E-state index in [1.807, 2.05) is 37.3 Å². The molecule has 0 aliphatic heterocycles. The number of esters is 1. The maximum atomic E-state index is 11.6. The lowest BCUT2D eigenvalue weighted by atomic mass is 10.1. The average Bonchev–Trinajstić information content (AvgIpc) is 3.21. The number of rotatable bonds is 5. The quantitative estimate of drug-likeness (QED) is 0.807. The van der Waals surface area contributed by atoms with Crippen molar-refractivity contribution in [2.75, 3.05) is 6.61 Å². The third-order valence-electron chi connectivity index (χ3n) is 2.93. The summed E-state index contributed by atoms with van der Waals surface area (Å²) in [5.74, 6) is -0.484. The molecule has 0 radical (unpaired) electrons. The fraction of sp³-hybridized carbons (Fsp3) is 0.429. The highest BCUT2D eigenvalue weighted by Crippen LogP contribution is 2.29. The Morgan fingerprint density at radius 3 is 2.61 bits per heavy atom. The van der Waals surface area contributed by atoms with Gasteiger partial charge in [0, 0.05) is 0 Å². The van der Waals surface area contributed by atoms with Crippen molar-refractivity contribution >= 4 is 11.9 Å². The van der Waals surface area contributed by atoms with Gasteiger partial charge in [0.1, 0.15) is 0 Å². The summed E-state index contributed by atoms with van der Waals surface area (Å²) in [5.41, 5.74) is 1.03. The van der Waals surface area contributed by atoms with Crippen LogP contribution in [0.25, 0.3) is 0 Å². The van der Waals surface area contributed by atoms with Gasteiger partial charge in [-0.2, -0.15) is 0 Å². The van der Waals surface area contributed by atoms with Crippen LogP contribution in [-0.4, -0.2) is 18.5 Å². The molecule has 0 saturated heterocycles. The molecule has 1 atom stereocenters. The lowest BCUT2D eigenvalue weighted by Gasteiger charge is -2.14. The lowest BCUT2D eigenvalue weighted by molar-refractivity contribution is -0.150. The van der Waals surface area contributed by atoms with Gasteiger partial charge in [-0.25, -0.2) is 0 Å². The minimum Gasteiger partial charge on any atom is -0.455 e. The van der Waals surface area contributed by atoms with E-state index in [4.69, 9.17) is 4.74 Å². The molecule has 1 saturated carbocycles. The minimum atomic E-state index is -0.264. The van der Waals surface area contributed by atoms with E-state index < -0.39 is 0 Å². The van der Waals surface area contributed by atoms with Gasteiger partial charge in [-0.15, -0.1) is 0 Å². The smallest absolute Gasteiger partial charge is 0.309 e. The zero-order valence-corrected chi connectivity index (χ0v) is 10.4. The van der Waals surface area contributed by atoms with Crippen molar-refractivity contribution in [3.05, 3.63) is 35.9 Å². The molecule has 1 aliphatic rings. The molecule has 4 nitrogen and oxygen atoms in total. The number of ether oxygens (including phenoxy) is 1. The van der Waals surface area contributed by atoms with Crippen LogP contribution in [0.1, 0.15) is 31.4 Å². The van der Waals surface area contributed by atoms with Crippen LogP contribution in [0.4, 0.5) is 0 Å². The van der Waals surface area contributed by atoms with Crippen LogP contribution < -0.4 is 5.32 Å². The predicted molar refractivity (Wildman–Crippen MR) is 66.7 cm³/mol. The molecular formula is C14H17NO3. The van der Waals surface area contributed by atoms with E-state index in [-0.39, 0.29) is 30.4 Å². The summed E-state index contributed by atoms with van der Waals surface area (Å²) in [5, 5.41) is 2.79. The largest absolute Gasteiger partial charge is 0.455 e. The highest BCUT2D eigenvalue weighted by Gasteiger charge is 2.31. The van der Waals surface area contributed by atoms with Gasteiger partial charge in [0.15, 0.2) is 6.61 Å². The summed E-state index contributed by atoms with van der Waals surface area (Å²) in [7, 11) is 0. The first-order valence-corrected chi connectivity index (χ1v) is 6.18. The maximum absolute atomic E-state index is 11.6. The molecule has 1 aromatic carbocycles. The second kappa shape index (κ2) is 5.67. The zero-order valence-electron chi connectivity index (χ0n) is 10.4. The summed E-state index contributed by atoms with van der Waals surface area (Å²) in [4.78, 5) is 22.8. The van der Waals surface area contributed by atoms with Crippen molar-refractivity contribution in [3.63, 3.8) is 0 Å². The van der Waals surface area contributed by atoms with E-state index in [9.17, 15) is 9.59 Å². The van der Waals surface area contributed by atoms with Gasteiger partial charge >= 0.3 is 5.97 Å². The van der Waals surface area contributed by atoms with Gasteiger partial charge < -0.3 is 10.1 Å². The molecular weight excluding hydrogens is 230 g/mol. The summed E-state index contributed by atoms with van der Waals surface area (Å²) in [6.07, 6.45) is 1.78. The molecule has 1 fully saturated rings. The lowest BCUT2D eigenvalue weighted by Crippen LogP contribution is -2.31. The number of amides is 1. The van der Waals surface area contributed by atoms with Gasteiger partial charge in [-0.1, -0.05) is 30.3 Å². The van der Waals surface area contributed by atoms with E-state index in [0.717, 1.165) is 18.4 Å². The van der Waals surface area contributed by atoms with Crippen LogP contribution in [0.5, 0.6) is 0 Å². The van der Waals surface area contributed by atoms with E-state index >= 15 is 0 Å². The molecule has 2 rings (SSSR count). The Kier molecular flexibility index (Phi) is 3.97. The molecule has 0 heterocycles. The monoisotopic (exact) mass is 247 g/mol. The van der Waals surface area contributed by atoms with Crippen molar-refractivity contribution < 1.29 is 14.3 Å². The number of hydrogen-bond donors (Lipinski definition) is 1. The van der Waals surface area contributed by atoms with Gasteiger partial charge in [0.25, 0.3) is 5.91 Å². The molecule has 1 N–H and O–H groups in total. The van der Waals surface area contributed by atoms with Crippen molar-refractivity contribution in [1.82, 2.24) is 5.32 Å². The summed E-state index contributed by atoms with van der Waals surface area (Å²) in [6, 6.07) is 9.58. The fourth-order valence-corrected chi connectivity index (χ4v) is 1.68. The molecule has 96 valence electrons. The highest BCUT2D eigenvalue weighted by molar-refractivity contribution is 5.82. The average molecular weight is 247 g/mol. The minimum absolute atomic E-state index is 0.0318. The number of carbonyl (C=O) groups is 2. The SMILES string of the molecule is CC(NC(=O)COC(=O)C1CC1)c1ccccc1. The Bertz CT molecular complexity index is 426. The summed E-state index contributed by atoms with van der Waals surface area (Å²) in [6.45, 7) is 1.71. The first-order valence-electron chi connectivity index (χ1n) is 6.18. The van der Waals surface area contributed by atoms with Gasteiger partial charge in [0.2, 0.25) is 0 Å². The molecule has 4 heteroatoms. The molecule has 1 amide bonds.